The third kappa shape index (κ3) is 3.68. The van der Waals surface area contributed by atoms with Crippen molar-refractivity contribution in [3.63, 3.8) is 0 Å². The van der Waals surface area contributed by atoms with Gasteiger partial charge < -0.3 is 20.4 Å². The monoisotopic (exact) mass is 406 g/mol. The van der Waals surface area contributed by atoms with Crippen molar-refractivity contribution in [3.8, 4) is 24.0 Å². The smallest absolute Gasteiger partial charge is 0.321 e. The molecule has 1 fully saturated rings. The summed E-state index contributed by atoms with van der Waals surface area (Å²) >= 11 is 0. The van der Waals surface area contributed by atoms with Gasteiger partial charge in [0.25, 0.3) is 5.95 Å². The van der Waals surface area contributed by atoms with Crippen LogP contribution in [0.15, 0.2) is 34.6 Å². The van der Waals surface area contributed by atoms with Crippen LogP contribution in [0.2, 0.25) is 0 Å². The topological polar surface area (TPSA) is 161 Å². The fourth-order valence-corrected chi connectivity index (χ4v) is 3.19. The molecule has 0 saturated carbocycles. The van der Waals surface area contributed by atoms with Crippen molar-refractivity contribution in [2.24, 2.45) is 10.2 Å². The van der Waals surface area contributed by atoms with Gasteiger partial charge in [-0.15, -0.1) is 15.2 Å². The van der Waals surface area contributed by atoms with Gasteiger partial charge >= 0.3 is 12.0 Å². The molecule has 1 aliphatic rings. The molecule has 0 unspecified atom stereocenters. The Labute approximate surface area is 171 Å². The first-order valence-electron chi connectivity index (χ1n) is 9.20. The summed E-state index contributed by atoms with van der Waals surface area (Å²) in [6, 6.07) is 6.41. The molecular formula is C18H18N10O2. The Morgan fingerprint density at radius 1 is 1.10 bits per heavy atom. The Morgan fingerprint density at radius 3 is 2.50 bits per heavy atom. The van der Waals surface area contributed by atoms with Crippen LogP contribution in [0.25, 0.3) is 5.95 Å². The molecule has 0 atom stereocenters. The molecule has 0 amide bonds. The van der Waals surface area contributed by atoms with Crippen molar-refractivity contribution >= 4 is 22.9 Å². The SMILES string of the molecule is CNc1cc(N2CCCC2)ccc1/N=N/c1c(C#N)cnn1-c1nc(O)nc(O)n1. The number of nitrogens with zero attached hydrogens (tertiary/aromatic N) is 9. The maximum atomic E-state index is 9.51. The van der Waals surface area contributed by atoms with Crippen LogP contribution in [0.5, 0.6) is 12.0 Å². The van der Waals surface area contributed by atoms with Crippen LogP contribution in [-0.4, -0.2) is 55.1 Å². The summed E-state index contributed by atoms with van der Waals surface area (Å²) in [6.07, 6.45) is 3.63. The summed E-state index contributed by atoms with van der Waals surface area (Å²) in [4.78, 5) is 13.0. The molecule has 12 heteroatoms. The Balaban J connectivity index is 1.70. The minimum absolute atomic E-state index is 0.0492. The number of rotatable bonds is 5. The zero-order chi connectivity index (χ0) is 21.1. The number of aromatic hydroxyl groups is 2. The van der Waals surface area contributed by atoms with Gasteiger partial charge in [0, 0.05) is 25.8 Å². The maximum Gasteiger partial charge on any atom is 0.321 e. The highest BCUT2D eigenvalue weighted by Crippen LogP contribution is 2.33. The number of benzene rings is 1. The molecule has 1 aromatic carbocycles. The van der Waals surface area contributed by atoms with E-state index in [1.54, 1.807) is 7.05 Å². The van der Waals surface area contributed by atoms with Gasteiger partial charge in [-0.2, -0.15) is 25.0 Å². The predicted octanol–water partition coefficient (Wildman–Crippen LogP) is 2.40. The van der Waals surface area contributed by atoms with E-state index in [0.29, 0.717) is 5.69 Å². The van der Waals surface area contributed by atoms with Crippen molar-refractivity contribution in [2.75, 3.05) is 30.4 Å². The van der Waals surface area contributed by atoms with Gasteiger partial charge in [0.1, 0.15) is 17.3 Å². The standard InChI is InChI=1S/C18H18N10O2/c1-20-14-8-12(27-6-2-3-7-27)4-5-13(14)25-26-15-11(9-19)10-21-28(15)16-22-17(29)24-18(30)23-16/h4-5,8,10,20H,2-3,6-7H2,1H3,(H2,22,23,24,29,30)/b26-25+. The Bertz CT molecular complexity index is 1120. The van der Waals surface area contributed by atoms with Crippen LogP contribution in [0, 0.1) is 11.3 Å². The van der Waals surface area contributed by atoms with E-state index in [2.05, 4.69) is 40.5 Å². The molecule has 4 rings (SSSR count). The van der Waals surface area contributed by atoms with E-state index >= 15 is 0 Å². The number of hydrogen-bond acceptors (Lipinski definition) is 11. The van der Waals surface area contributed by atoms with Crippen molar-refractivity contribution in [2.45, 2.75) is 12.8 Å². The summed E-state index contributed by atoms with van der Waals surface area (Å²) < 4.78 is 1.08. The van der Waals surface area contributed by atoms with E-state index in [0.717, 1.165) is 29.1 Å². The maximum absolute atomic E-state index is 9.51. The molecule has 0 radical (unpaired) electrons. The number of anilines is 2. The van der Waals surface area contributed by atoms with E-state index in [4.69, 9.17) is 0 Å². The normalized spacial score (nSPS) is 13.7. The average molecular weight is 406 g/mol. The lowest BCUT2D eigenvalue weighted by atomic mass is 10.2. The summed E-state index contributed by atoms with van der Waals surface area (Å²) in [5, 5.41) is 43.9. The summed E-state index contributed by atoms with van der Waals surface area (Å²) in [5.41, 5.74) is 2.58. The Hall–Kier alpha value is -4.27. The number of nitrogens with one attached hydrogen (secondary N) is 1. The molecule has 3 aromatic rings. The van der Waals surface area contributed by atoms with Crippen molar-refractivity contribution in [1.29, 1.82) is 5.26 Å². The lowest BCUT2D eigenvalue weighted by Crippen LogP contribution is -2.17. The molecular weight excluding hydrogens is 388 g/mol. The zero-order valence-corrected chi connectivity index (χ0v) is 16.1. The van der Waals surface area contributed by atoms with Crippen LogP contribution in [0.1, 0.15) is 18.4 Å². The first kappa shape index (κ1) is 19.1. The molecule has 2 aromatic heterocycles. The molecule has 1 saturated heterocycles. The minimum atomic E-state index is -0.690. The van der Waals surface area contributed by atoms with Crippen molar-refractivity contribution in [1.82, 2.24) is 24.7 Å². The Kier molecular flexibility index (Phi) is 5.08. The third-order valence-electron chi connectivity index (χ3n) is 4.63. The number of aromatic nitrogens is 5. The highest BCUT2D eigenvalue weighted by atomic mass is 16.3. The Morgan fingerprint density at radius 2 is 1.83 bits per heavy atom. The highest BCUT2D eigenvalue weighted by Gasteiger charge is 2.17. The van der Waals surface area contributed by atoms with Crippen molar-refractivity contribution < 1.29 is 10.2 Å². The molecule has 152 valence electrons. The zero-order valence-electron chi connectivity index (χ0n) is 16.1. The molecule has 1 aliphatic heterocycles. The molecule has 0 aliphatic carbocycles. The number of azo groups is 1. The molecule has 12 nitrogen and oxygen atoms in total. The second-order valence-corrected chi connectivity index (χ2v) is 6.49. The average Bonchev–Trinajstić information content (AvgIpc) is 3.41. The van der Waals surface area contributed by atoms with Gasteiger partial charge in [-0.05, 0) is 31.0 Å². The molecule has 3 heterocycles. The van der Waals surface area contributed by atoms with E-state index in [-0.39, 0.29) is 17.3 Å². The fraction of sp³-hybridized carbons (Fsp3) is 0.278. The van der Waals surface area contributed by atoms with Crippen LogP contribution >= 0.6 is 0 Å². The molecule has 0 spiro atoms. The lowest BCUT2D eigenvalue weighted by molar-refractivity contribution is 0.379. The van der Waals surface area contributed by atoms with Crippen molar-refractivity contribution in [3.05, 3.63) is 30.0 Å². The van der Waals surface area contributed by atoms with Gasteiger partial charge in [-0.3, -0.25) is 0 Å². The summed E-state index contributed by atoms with van der Waals surface area (Å²) in [7, 11) is 1.80. The highest BCUT2D eigenvalue weighted by molar-refractivity contribution is 5.71. The van der Waals surface area contributed by atoms with E-state index in [1.807, 2.05) is 24.3 Å². The van der Waals surface area contributed by atoms with E-state index in [1.165, 1.54) is 19.0 Å². The van der Waals surface area contributed by atoms with Crippen LogP contribution in [0.4, 0.5) is 22.9 Å². The van der Waals surface area contributed by atoms with Gasteiger partial charge in [-0.1, -0.05) is 0 Å². The largest absolute Gasteiger partial charge is 0.479 e. The third-order valence-corrected chi connectivity index (χ3v) is 4.63. The second kappa shape index (κ2) is 8.00. The fourth-order valence-electron chi connectivity index (χ4n) is 3.19. The molecule has 0 bridgehead atoms. The van der Waals surface area contributed by atoms with E-state index in [9.17, 15) is 15.5 Å². The van der Waals surface area contributed by atoms with Crippen LogP contribution in [-0.2, 0) is 0 Å². The first-order chi connectivity index (χ1) is 14.6. The van der Waals surface area contributed by atoms with Gasteiger partial charge in [0.2, 0.25) is 0 Å². The minimum Gasteiger partial charge on any atom is -0.479 e. The van der Waals surface area contributed by atoms with Gasteiger partial charge in [-0.25, -0.2) is 0 Å². The number of hydrogen-bond donors (Lipinski definition) is 3. The van der Waals surface area contributed by atoms with Crippen LogP contribution < -0.4 is 10.2 Å². The predicted molar refractivity (Wildman–Crippen MR) is 107 cm³/mol. The summed E-state index contributed by atoms with van der Waals surface area (Å²) in [5.74, 6) is -0.151. The van der Waals surface area contributed by atoms with E-state index < -0.39 is 12.0 Å². The lowest BCUT2D eigenvalue weighted by Gasteiger charge is -2.19. The van der Waals surface area contributed by atoms with Gasteiger partial charge in [0.05, 0.1) is 11.9 Å². The molecule has 30 heavy (non-hydrogen) atoms. The number of nitriles is 1. The van der Waals surface area contributed by atoms with Crippen LogP contribution in [0.3, 0.4) is 0 Å². The summed E-state index contributed by atoms with van der Waals surface area (Å²) in [6.45, 7) is 2.06. The van der Waals surface area contributed by atoms with Gasteiger partial charge in [0.15, 0.2) is 5.82 Å². The second-order valence-electron chi connectivity index (χ2n) is 6.49. The quantitative estimate of drug-likeness (QED) is 0.540. The molecule has 3 N–H and O–H groups in total. The first-order valence-corrected chi connectivity index (χ1v) is 9.20.